The van der Waals surface area contributed by atoms with E-state index in [-0.39, 0.29) is 25.7 Å². The lowest BCUT2D eigenvalue weighted by Gasteiger charge is -2.37. The predicted molar refractivity (Wildman–Crippen MR) is 169 cm³/mol. The van der Waals surface area contributed by atoms with Crippen LogP contribution in [0.15, 0.2) is 35.2 Å². The predicted octanol–water partition coefficient (Wildman–Crippen LogP) is 4.87. The Labute approximate surface area is 258 Å². The molecule has 2 saturated heterocycles. The van der Waals surface area contributed by atoms with E-state index in [1.54, 1.807) is 17.5 Å². The van der Waals surface area contributed by atoms with Crippen LogP contribution in [-0.4, -0.2) is 87.5 Å². The first-order valence-corrected chi connectivity index (χ1v) is 17.4. The molecule has 0 saturated carbocycles. The molecule has 3 aliphatic rings. The van der Waals surface area contributed by atoms with E-state index in [0.29, 0.717) is 34.1 Å². The van der Waals surface area contributed by atoms with Crippen molar-refractivity contribution in [2.75, 3.05) is 53.0 Å². The van der Waals surface area contributed by atoms with Crippen molar-refractivity contribution in [1.82, 2.24) is 14.1 Å². The molecule has 0 bridgehead atoms. The first kappa shape index (κ1) is 31.9. The van der Waals surface area contributed by atoms with Crippen molar-refractivity contribution in [3.63, 3.8) is 0 Å². The minimum atomic E-state index is -3.85. The summed E-state index contributed by atoms with van der Waals surface area (Å²) in [6, 6.07) is 9.38. The maximum absolute atomic E-state index is 14.3. The van der Waals surface area contributed by atoms with Crippen molar-refractivity contribution in [3.05, 3.63) is 58.1 Å². The molecule has 2 fully saturated rings. The average molecular weight is 612 g/mol. The van der Waals surface area contributed by atoms with Crippen molar-refractivity contribution in [1.29, 1.82) is 0 Å². The van der Waals surface area contributed by atoms with Crippen LogP contribution in [0.4, 0.5) is 0 Å². The van der Waals surface area contributed by atoms with E-state index in [1.807, 2.05) is 43.9 Å². The first-order chi connectivity index (χ1) is 20.7. The number of rotatable bonds is 10. The van der Waals surface area contributed by atoms with E-state index in [0.717, 1.165) is 42.6 Å². The molecule has 43 heavy (non-hydrogen) atoms. The van der Waals surface area contributed by atoms with Gasteiger partial charge in [0, 0.05) is 19.6 Å². The van der Waals surface area contributed by atoms with Crippen LogP contribution in [0.3, 0.4) is 0 Å². The van der Waals surface area contributed by atoms with E-state index in [2.05, 4.69) is 11.0 Å². The molecule has 0 aromatic heterocycles. The monoisotopic (exact) mass is 611 g/mol. The van der Waals surface area contributed by atoms with Crippen LogP contribution in [-0.2, 0) is 32.5 Å². The summed E-state index contributed by atoms with van der Waals surface area (Å²) in [4.78, 5) is 17.9. The molecular formula is C34H49N3O5S. The van der Waals surface area contributed by atoms with E-state index in [9.17, 15) is 13.2 Å². The number of hydrogen-bond donors (Lipinski definition) is 0. The Bertz CT molecular complexity index is 1380. The maximum Gasteiger partial charge on any atom is 0.248 e. The summed E-state index contributed by atoms with van der Waals surface area (Å²) in [7, 11) is -2.25. The topological polar surface area (TPSA) is 79.4 Å². The molecule has 9 heteroatoms. The zero-order valence-corrected chi connectivity index (χ0v) is 27.3. The Hall–Kier alpha value is -2.46. The van der Waals surface area contributed by atoms with Crippen LogP contribution in [0.2, 0.25) is 0 Å². The molecular weight excluding hydrogens is 562 g/mol. The van der Waals surface area contributed by atoms with Gasteiger partial charge in [0.25, 0.3) is 0 Å². The fourth-order valence-electron chi connectivity index (χ4n) is 7.13. The summed E-state index contributed by atoms with van der Waals surface area (Å²) >= 11 is 0. The van der Waals surface area contributed by atoms with Gasteiger partial charge >= 0.3 is 0 Å². The molecule has 0 radical (unpaired) electrons. The third-order valence-electron chi connectivity index (χ3n) is 9.88. The number of methoxy groups -OCH3 is 1. The van der Waals surface area contributed by atoms with Gasteiger partial charge in [-0.25, -0.2) is 8.42 Å². The van der Waals surface area contributed by atoms with E-state index < -0.39 is 16.1 Å². The third kappa shape index (κ3) is 7.27. The lowest BCUT2D eigenvalue weighted by molar-refractivity contribution is -0.138. The fraction of sp³-hybridized carbons (Fsp3) is 0.618. The van der Waals surface area contributed by atoms with Gasteiger partial charge in [0.2, 0.25) is 15.9 Å². The molecule has 1 atom stereocenters. The zero-order chi connectivity index (χ0) is 30.6. The summed E-state index contributed by atoms with van der Waals surface area (Å²) in [5, 5.41) is 0. The Kier molecular flexibility index (Phi) is 10.5. The van der Waals surface area contributed by atoms with Crippen molar-refractivity contribution < 1.29 is 22.7 Å². The SMILES string of the molecule is COc1cc(C)c(S(=O)(=O)N2Cc3ccccc3CC2COCC(=O)N2CCC(CCN3CCCCC3)CC2)c(C)c1C. The second kappa shape index (κ2) is 14.1. The number of nitrogens with zero attached hydrogens (tertiary/aromatic N) is 3. The van der Waals surface area contributed by atoms with Gasteiger partial charge in [-0.15, -0.1) is 0 Å². The molecule has 2 aromatic carbocycles. The van der Waals surface area contributed by atoms with Crippen LogP contribution >= 0.6 is 0 Å². The van der Waals surface area contributed by atoms with Crippen LogP contribution in [0.5, 0.6) is 5.75 Å². The number of carbonyl (C=O) groups excluding carboxylic acids is 1. The summed E-state index contributed by atoms with van der Waals surface area (Å²) in [5.41, 5.74) is 4.30. The van der Waals surface area contributed by atoms with E-state index >= 15 is 0 Å². The Morgan fingerprint density at radius 1 is 0.953 bits per heavy atom. The number of hydrogen-bond acceptors (Lipinski definition) is 6. The van der Waals surface area contributed by atoms with Crippen LogP contribution < -0.4 is 4.74 Å². The van der Waals surface area contributed by atoms with Crippen molar-refractivity contribution in [2.45, 2.75) is 83.2 Å². The van der Waals surface area contributed by atoms with Crippen LogP contribution in [0, 0.1) is 26.7 Å². The fourth-order valence-corrected chi connectivity index (χ4v) is 9.20. The van der Waals surface area contributed by atoms with Crippen molar-refractivity contribution in [2.24, 2.45) is 5.92 Å². The Morgan fingerprint density at radius 3 is 2.35 bits per heavy atom. The number of aryl methyl sites for hydroxylation is 1. The highest BCUT2D eigenvalue weighted by atomic mass is 32.2. The maximum atomic E-state index is 14.3. The minimum Gasteiger partial charge on any atom is -0.496 e. The summed E-state index contributed by atoms with van der Waals surface area (Å²) < 4.78 is 41.6. The van der Waals surface area contributed by atoms with Gasteiger partial charge in [0.05, 0.1) is 24.7 Å². The number of benzene rings is 2. The van der Waals surface area contributed by atoms with Gasteiger partial charge in [-0.05, 0) is 119 Å². The molecule has 236 valence electrons. The van der Waals surface area contributed by atoms with Gasteiger partial charge in [-0.3, -0.25) is 4.79 Å². The summed E-state index contributed by atoms with van der Waals surface area (Å²) in [6.07, 6.45) is 7.87. The molecule has 5 rings (SSSR count). The second-order valence-electron chi connectivity index (χ2n) is 12.7. The lowest BCUT2D eigenvalue weighted by atomic mass is 9.93. The highest BCUT2D eigenvalue weighted by Crippen LogP contribution is 2.36. The molecule has 1 amide bonds. The van der Waals surface area contributed by atoms with Gasteiger partial charge in [-0.1, -0.05) is 30.7 Å². The van der Waals surface area contributed by atoms with Gasteiger partial charge in [-0.2, -0.15) is 4.31 Å². The van der Waals surface area contributed by atoms with Gasteiger partial charge in [0.1, 0.15) is 12.4 Å². The number of fused-ring (bicyclic) bond motifs is 1. The minimum absolute atomic E-state index is 0.00225. The summed E-state index contributed by atoms with van der Waals surface area (Å²) in [6.45, 7) is 11.2. The quantitative estimate of drug-likeness (QED) is 0.382. The zero-order valence-electron chi connectivity index (χ0n) is 26.4. The molecule has 1 unspecified atom stereocenters. The number of carbonyl (C=O) groups is 1. The molecule has 0 aliphatic carbocycles. The molecule has 0 N–H and O–H groups in total. The third-order valence-corrected chi connectivity index (χ3v) is 12.1. The molecule has 2 aromatic rings. The van der Waals surface area contributed by atoms with Crippen LogP contribution in [0.25, 0.3) is 0 Å². The summed E-state index contributed by atoms with van der Waals surface area (Å²) in [5.74, 6) is 1.36. The van der Waals surface area contributed by atoms with Gasteiger partial charge < -0.3 is 19.3 Å². The normalized spacial score (nSPS) is 20.7. The Balaban J connectivity index is 1.21. The first-order valence-electron chi connectivity index (χ1n) is 16.0. The number of ether oxygens (including phenoxy) is 2. The molecule has 3 heterocycles. The number of amides is 1. The number of piperidine rings is 2. The largest absolute Gasteiger partial charge is 0.496 e. The van der Waals surface area contributed by atoms with E-state index in [4.69, 9.17) is 9.47 Å². The smallest absolute Gasteiger partial charge is 0.248 e. The molecule has 0 spiro atoms. The van der Waals surface area contributed by atoms with Crippen molar-refractivity contribution >= 4 is 15.9 Å². The van der Waals surface area contributed by atoms with E-state index in [1.165, 1.54) is 45.3 Å². The van der Waals surface area contributed by atoms with Crippen molar-refractivity contribution in [3.8, 4) is 5.75 Å². The Morgan fingerprint density at radius 2 is 1.65 bits per heavy atom. The second-order valence-corrected chi connectivity index (χ2v) is 14.5. The lowest BCUT2D eigenvalue weighted by Crippen LogP contribution is -2.47. The molecule has 8 nitrogen and oxygen atoms in total. The standard InChI is InChI=1S/C34H49N3O5S/c1-25-20-32(41-4)26(2)27(3)34(25)43(39,40)37-22-30-11-7-6-10-29(30)21-31(37)23-42-24-33(38)36-18-13-28(14-19-36)12-17-35-15-8-5-9-16-35/h6-7,10-11,20,28,31H,5,8-9,12-19,21-24H2,1-4H3. The highest BCUT2D eigenvalue weighted by Gasteiger charge is 2.38. The van der Waals surface area contributed by atoms with Crippen LogP contribution in [0.1, 0.15) is 66.3 Å². The average Bonchev–Trinajstić information content (AvgIpc) is 3.02. The molecule has 3 aliphatic heterocycles. The number of sulfonamides is 1. The highest BCUT2D eigenvalue weighted by molar-refractivity contribution is 7.89. The number of likely N-dealkylation sites (tertiary alicyclic amines) is 2. The van der Waals surface area contributed by atoms with Gasteiger partial charge in [0.15, 0.2) is 0 Å².